The van der Waals surface area contributed by atoms with Gasteiger partial charge in [-0.15, -0.1) is 0 Å². The number of carbonyl (C=O) groups is 2. The van der Waals surface area contributed by atoms with Crippen molar-refractivity contribution in [1.82, 2.24) is 15.2 Å². The standard InChI is InChI=1S/C18H22N4O2/c1-3-17(23)20-14-9-16(22(2)11-14)18(24)21-13-8-12-6-4-5-7-15(12)19-10-13/h4-8,10,14,16H,3,9,11H2,1-2H3,(H,20,23)(H,21,24). The van der Waals surface area contributed by atoms with Crippen molar-refractivity contribution in [3.63, 3.8) is 0 Å². The van der Waals surface area contributed by atoms with E-state index in [-0.39, 0.29) is 23.9 Å². The molecule has 2 amide bonds. The molecule has 1 fully saturated rings. The maximum absolute atomic E-state index is 12.6. The zero-order chi connectivity index (χ0) is 17.1. The molecule has 3 rings (SSSR count). The molecule has 6 nitrogen and oxygen atoms in total. The summed E-state index contributed by atoms with van der Waals surface area (Å²) in [5, 5.41) is 6.89. The Kier molecular flexibility index (Phi) is 4.76. The van der Waals surface area contributed by atoms with Crippen LogP contribution in [-0.2, 0) is 9.59 Å². The maximum Gasteiger partial charge on any atom is 0.241 e. The minimum Gasteiger partial charge on any atom is -0.352 e. The number of likely N-dealkylation sites (N-methyl/N-ethyl adjacent to an activating group) is 1. The van der Waals surface area contributed by atoms with Crippen LogP contribution in [0.15, 0.2) is 36.5 Å². The van der Waals surface area contributed by atoms with Gasteiger partial charge in [0.1, 0.15) is 0 Å². The Morgan fingerprint density at radius 1 is 1.33 bits per heavy atom. The molecule has 0 radical (unpaired) electrons. The number of anilines is 1. The summed E-state index contributed by atoms with van der Waals surface area (Å²) in [6.07, 6.45) is 2.75. The Morgan fingerprint density at radius 2 is 2.12 bits per heavy atom. The molecule has 1 aliphatic heterocycles. The van der Waals surface area contributed by atoms with Gasteiger partial charge in [0.15, 0.2) is 0 Å². The van der Waals surface area contributed by atoms with E-state index in [0.717, 1.165) is 10.9 Å². The predicted octanol–water partition coefficient (Wildman–Crippen LogP) is 1.77. The molecule has 1 saturated heterocycles. The van der Waals surface area contributed by atoms with E-state index < -0.39 is 0 Å². The van der Waals surface area contributed by atoms with Gasteiger partial charge >= 0.3 is 0 Å². The number of hydrogen-bond acceptors (Lipinski definition) is 4. The summed E-state index contributed by atoms with van der Waals surface area (Å²) < 4.78 is 0. The Bertz CT molecular complexity index is 762. The van der Waals surface area contributed by atoms with E-state index >= 15 is 0 Å². The number of amides is 2. The van der Waals surface area contributed by atoms with Crippen LogP contribution < -0.4 is 10.6 Å². The van der Waals surface area contributed by atoms with Gasteiger partial charge in [-0.2, -0.15) is 0 Å². The summed E-state index contributed by atoms with van der Waals surface area (Å²) in [6, 6.07) is 9.48. The number of hydrogen-bond donors (Lipinski definition) is 2. The zero-order valence-electron chi connectivity index (χ0n) is 14.0. The third-order valence-corrected chi connectivity index (χ3v) is 4.40. The fraction of sp³-hybridized carbons (Fsp3) is 0.389. The van der Waals surface area contributed by atoms with Gasteiger partial charge in [0, 0.05) is 24.4 Å². The normalized spacial score (nSPS) is 20.9. The third kappa shape index (κ3) is 3.54. The molecule has 2 aromatic rings. The summed E-state index contributed by atoms with van der Waals surface area (Å²) >= 11 is 0. The molecule has 6 heteroatoms. The van der Waals surface area contributed by atoms with E-state index in [0.29, 0.717) is 25.1 Å². The van der Waals surface area contributed by atoms with Crippen LogP contribution in [0.25, 0.3) is 10.9 Å². The number of para-hydroxylation sites is 1. The van der Waals surface area contributed by atoms with Crippen LogP contribution in [0.2, 0.25) is 0 Å². The highest BCUT2D eigenvalue weighted by Gasteiger charge is 2.35. The van der Waals surface area contributed by atoms with Gasteiger partial charge in [0.2, 0.25) is 11.8 Å². The number of nitrogens with one attached hydrogen (secondary N) is 2. The lowest BCUT2D eigenvalue weighted by Gasteiger charge is -2.18. The Morgan fingerprint density at radius 3 is 2.92 bits per heavy atom. The molecule has 126 valence electrons. The first-order valence-corrected chi connectivity index (χ1v) is 8.22. The maximum atomic E-state index is 12.6. The van der Waals surface area contributed by atoms with Crippen molar-refractivity contribution in [2.75, 3.05) is 18.9 Å². The van der Waals surface area contributed by atoms with Gasteiger partial charge in [-0.1, -0.05) is 25.1 Å². The molecular weight excluding hydrogens is 304 g/mol. The number of nitrogens with zero attached hydrogens (tertiary/aromatic N) is 2. The number of pyridine rings is 1. The molecule has 0 saturated carbocycles. The SMILES string of the molecule is CCC(=O)NC1CC(C(=O)Nc2cnc3ccccc3c2)N(C)C1. The summed E-state index contributed by atoms with van der Waals surface area (Å²) in [7, 11) is 1.90. The highest BCUT2D eigenvalue weighted by atomic mass is 16.2. The molecule has 24 heavy (non-hydrogen) atoms. The van der Waals surface area contributed by atoms with Gasteiger partial charge in [-0.05, 0) is 25.6 Å². The molecule has 2 unspecified atom stereocenters. The lowest BCUT2D eigenvalue weighted by molar-refractivity contribution is -0.122. The summed E-state index contributed by atoms with van der Waals surface area (Å²) in [6.45, 7) is 2.50. The topological polar surface area (TPSA) is 74.3 Å². The fourth-order valence-electron chi connectivity index (χ4n) is 3.11. The summed E-state index contributed by atoms with van der Waals surface area (Å²) in [4.78, 5) is 30.4. The van der Waals surface area contributed by atoms with Crippen molar-refractivity contribution in [2.45, 2.75) is 31.8 Å². The number of fused-ring (bicyclic) bond motifs is 1. The van der Waals surface area contributed by atoms with E-state index in [9.17, 15) is 9.59 Å². The monoisotopic (exact) mass is 326 g/mol. The van der Waals surface area contributed by atoms with Crippen molar-refractivity contribution < 1.29 is 9.59 Å². The molecule has 2 atom stereocenters. The molecule has 2 N–H and O–H groups in total. The van der Waals surface area contributed by atoms with Crippen molar-refractivity contribution in [3.8, 4) is 0 Å². The molecule has 0 spiro atoms. The Hall–Kier alpha value is -2.47. The molecule has 2 heterocycles. The number of carbonyl (C=O) groups excluding carboxylic acids is 2. The van der Waals surface area contributed by atoms with Crippen LogP contribution in [-0.4, -0.2) is 47.4 Å². The van der Waals surface area contributed by atoms with Crippen LogP contribution in [0.5, 0.6) is 0 Å². The first-order valence-electron chi connectivity index (χ1n) is 8.22. The average molecular weight is 326 g/mol. The number of rotatable bonds is 4. The van der Waals surface area contributed by atoms with Crippen molar-refractivity contribution in [3.05, 3.63) is 36.5 Å². The average Bonchev–Trinajstić information content (AvgIpc) is 2.95. The van der Waals surface area contributed by atoms with E-state index in [1.165, 1.54) is 0 Å². The van der Waals surface area contributed by atoms with Gasteiger partial charge in [-0.3, -0.25) is 19.5 Å². The highest BCUT2D eigenvalue weighted by Crippen LogP contribution is 2.20. The van der Waals surface area contributed by atoms with E-state index in [1.54, 1.807) is 6.20 Å². The first kappa shape index (κ1) is 16.4. The Balaban J connectivity index is 1.66. The lowest BCUT2D eigenvalue weighted by Crippen LogP contribution is -2.37. The fourth-order valence-corrected chi connectivity index (χ4v) is 3.11. The van der Waals surface area contributed by atoms with Crippen LogP contribution in [0, 0.1) is 0 Å². The molecule has 1 aliphatic rings. The van der Waals surface area contributed by atoms with E-state index in [2.05, 4.69) is 15.6 Å². The third-order valence-electron chi connectivity index (χ3n) is 4.40. The van der Waals surface area contributed by atoms with Crippen molar-refractivity contribution in [2.24, 2.45) is 0 Å². The molecule has 1 aromatic carbocycles. The minimum absolute atomic E-state index is 0.0212. The first-order chi connectivity index (χ1) is 11.6. The molecule has 0 aliphatic carbocycles. The quantitative estimate of drug-likeness (QED) is 0.898. The second kappa shape index (κ2) is 6.97. The van der Waals surface area contributed by atoms with Gasteiger partial charge in [0.25, 0.3) is 0 Å². The lowest BCUT2D eigenvalue weighted by atomic mass is 10.1. The second-order valence-corrected chi connectivity index (χ2v) is 6.22. The second-order valence-electron chi connectivity index (χ2n) is 6.22. The van der Waals surface area contributed by atoms with Crippen LogP contribution in [0.1, 0.15) is 19.8 Å². The van der Waals surface area contributed by atoms with Gasteiger partial charge in [0.05, 0.1) is 23.4 Å². The molecule has 0 bridgehead atoms. The van der Waals surface area contributed by atoms with Crippen LogP contribution >= 0.6 is 0 Å². The molecular formula is C18H22N4O2. The highest BCUT2D eigenvalue weighted by molar-refractivity contribution is 5.96. The van der Waals surface area contributed by atoms with Crippen molar-refractivity contribution >= 4 is 28.4 Å². The van der Waals surface area contributed by atoms with E-state index in [1.807, 2.05) is 49.2 Å². The number of likely N-dealkylation sites (tertiary alicyclic amines) is 1. The number of aromatic nitrogens is 1. The Labute approximate surface area is 141 Å². The van der Waals surface area contributed by atoms with Crippen LogP contribution in [0.3, 0.4) is 0 Å². The largest absolute Gasteiger partial charge is 0.352 e. The van der Waals surface area contributed by atoms with Gasteiger partial charge < -0.3 is 10.6 Å². The summed E-state index contributed by atoms with van der Waals surface area (Å²) in [5.41, 5.74) is 1.59. The number of benzene rings is 1. The van der Waals surface area contributed by atoms with Crippen LogP contribution in [0.4, 0.5) is 5.69 Å². The van der Waals surface area contributed by atoms with Crippen molar-refractivity contribution in [1.29, 1.82) is 0 Å². The predicted molar refractivity (Wildman–Crippen MR) is 93.6 cm³/mol. The minimum atomic E-state index is -0.251. The summed E-state index contributed by atoms with van der Waals surface area (Å²) in [5.74, 6) is -0.0454. The van der Waals surface area contributed by atoms with E-state index in [4.69, 9.17) is 0 Å². The molecule has 1 aromatic heterocycles. The smallest absolute Gasteiger partial charge is 0.241 e. The zero-order valence-corrected chi connectivity index (χ0v) is 14.0. The van der Waals surface area contributed by atoms with Gasteiger partial charge in [-0.25, -0.2) is 0 Å².